The Morgan fingerprint density at radius 2 is 1.90 bits per heavy atom. The molecule has 21 heavy (non-hydrogen) atoms. The maximum Gasteiger partial charge on any atom is 0.126 e. The number of fused-ring (bicyclic) bond motifs is 1. The van der Waals surface area contributed by atoms with E-state index in [2.05, 4.69) is 22.4 Å². The molecule has 0 radical (unpaired) electrons. The summed E-state index contributed by atoms with van der Waals surface area (Å²) in [4.78, 5) is 4.38. The molecular formula is C18H17FN2. The first kappa shape index (κ1) is 13.7. The van der Waals surface area contributed by atoms with Crippen LogP contribution in [-0.4, -0.2) is 12.0 Å². The van der Waals surface area contributed by atoms with Crippen LogP contribution < -0.4 is 5.32 Å². The zero-order valence-electron chi connectivity index (χ0n) is 11.9. The van der Waals surface area contributed by atoms with Crippen molar-refractivity contribution in [3.63, 3.8) is 0 Å². The van der Waals surface area contributed by atoms with Gasteiger partial charge < -0.3 is 5.32 Å². The maximum atomic E-state index is 13.9. The fraction of sp³-hybridized carbons (Fsp3) is 0.167. The van der Waals surface area contributed by atoms with Gasteiger partial charge >= 0.3 is 0 Å². The average molecular weight is 280 g/mol. The Bertz CT molecular complexity index is 750. The molecule has 0 saturated carbocycles. The first-order chi connectivity index (χ1) is 10.3. The smallest absolute Gasteiger partial charge is 0.126 e. The number of rotatable bonds is 4. The number of pyridine rings is 1. The molecule has 0 aliphatic heterocycles. The Hall–Kier alpha value is -2.26. The van der Waals surface area contributed by atoms with Gasteiger partial charge in [-0.25, -0.2) is 4.39 Å². The molecule has 0 fully saturated rings. The summed E-state index contributed by atoms with van der Waals surface area (Å²) in [6.45, 7) is 0. The second-order valence-electron chi connectivity index (χ2n) is 5.05. The Morgan fingerprint density at radius 1 is 1.05 bits per heavy atom. The van der Waals surface area contributed by atoms with Gasteiger partial charge in [0, 0.05) is 17.6 Å². The Labute approximate surface area is 123 Å². The zero-order chi connectivity index (χ0) is 14.7. The average Bonchev–Trinajstić information content (AvgIpc) is 2.54. The molecule has 3 heteroatoms. The van der Waals surface area contributed by atoms with Gasteiger partial charge in [0.15, 0.2) is 0 Å². The van der Waals surface area contributed by atoms with Crippen LogP contribution in [0.1, 0.15) is 17.2 Å². The van der Waals surface area contributed by atoms with Crippen LogP contribution in [0.4, 0.5) is 4.39 Å². The number of likely N-dealkylation sites (N-methyl/N-ethyl adjacent to an activating group) is 1. The second kappa shape index (κ2) is 6.02. The number of halogens is 1. The minimum Gasteiger partial charge on any atom is -0.313 e. The molecule has 0 amide bonds. The standard InChI is InChI=1S/C18H17FN2/c1-20-18(12-13-6-2-3-9-16(13)19)15-7-4-10-17-14(15)8-5-11-21-17/h2-11,18,20H,12H2,1H3. The largest absolute Gasteiger partial charge is 0.313 e. The molecule has 2 aromatic carbocycles. The highest BCUT2D eigenvalue weighted by atomic mass is 19.1. The van der Waals surface area contributed by atoms with Gasteiger partial charge in [0.2, 0.25) is 0 Å². The van der Waals surface area contributed by atoms with Crippen LogP contribution in [-0.2, 0) is 6.42 Å². The third kappa shape index (κ3) is 2.78. The van der Waals surface area contributed by atoms with E-state index in [4.69, 9.17) is 0 Å². The van der Waals surface area contributed by atoms with E-state index >= 15 is 0 Å². The van der Waals surface area contributed by atoms with E-state index in [1.807, 2.05) is 37.4 Å². The number of hydrogen-bond acceptors (Lipinski definition) is 2. The fourth-order valence-corrected chi connectivity index (χ4v) is 2.68. The summed E-state index contributed by atoms with van der Waals surface area (Å²) < 4.78 is 13.9. The SMILES string of the molecule is CNC(Cc1ccccc1F)c1cccc2ncccc12. The summed E-state index contributed by atoms with van der Waals surface area (Å²) in [5.41, 5.74) is 2.83. The third-order valence-corrected chi connectivity index (χ3v) is 3.79. The molecule has 2 nitrogen and oxygen atoms in total. The molecule has 0 spiro atoms. The molecule has 3 rings (SSSR count). The monoisotopic (exact) mass is 280 g/mol. The molecule has 1 N–H and O–H groups in total. The lowest BCUT2D eigenvalue weighted by molar-refractivity contribution is 0.556. The first-order valence-electron chi connectivity index (χ1n) is 7.04. The number of nitrogens with one attached hydrogen (secondary N) is 1. The van der Waals surface area contributed by atoms with Crippen molar-refractivity contribution in [1.29, 1.82) is 0 Å². The molecule has 0 aliphatic carbocycles. The van der Waals surface area contributed by atoms with Crippen LogP contribution in [0.3, 0.4) is 0 Å². The number of benzene rings is 2. The molecule has 1 heterocycles. The van der Waals surface area contributed by atoms with E-state index in [-0.39, 0.29) is 11.9 Å². The van der Waals surface area contributed by atoms with Crippen LogP contribution in [0.5, 0.6) is 0 Å². The normalized spacial score (nSPS) is 12.5. The molecule has 0 bridgehead atoms. The molecule has 1 atom stereocenters. The van der Waals surface area contributed by atoms with Crippen LogP contribution >= 0.6 is 0 Å². The topological polar surface area (TPSA) is 24.9 Å². The zero-order valence-corrected chi connectivity index (χ0v) is 11.9. The lowest BCUT2D eigenvalue weighted by atomic mass is 9.95. The van der Waals surface area contributed by atoms with Gasteiger partial charge in [-0.3, -0.25) is 4.98 Å². The fourth-order valence-electron chi connectivity index (χ4n) is 2.68. The van der Waals surface area contributed by atoms with E-state index in [1.54, 1.807) is 12.3 Å². The van der Waals surface area contributed by atoms with E-state index in [1.165, 1.54) is 6.07 Å². The van der Waals surface area contributed by atoms with E-state index < -0.39 is 0 Å². The van der Waals surface area contributed by atoms with Crippen molar-refractivity contribution in [1.82, 2.24) is 10.3 Å². The molecule has 3 aromatic rings. The van der Waals surface area contributed by atoms with Crippen LogP contribution in [0.25, 0.3) is 10.9 Å². The summed E-state index contributed by atoms with van der Waals surface area (Å²) >= 11 is 0. The Balaban J connectivity index is 2.01. The quantitative estimate of drug-likeness (QED) is 0.784. The second-order valence-corrected chi connectivity index (χ2v) is 5.05. The number of aromatic nitrogens is 1. The third-order valence-electron chi connectivity index (χ3n) is 3.79. The molecule has 106 valence electrons. The molecule has 0 aliphatic rings. The van der Waals surface area contributed by atoms with E-state index in [0.717, 1.165) is 22.0 Å². The van der Waals surface area contributed by atoms with Crippen molar-refractivity contribution in [2.75, 3.05) is 7.05 Å². The van der Waals surface area contributed by atoms with Crippen molar-refractivity contribution < 1.29 is 4.39 Å². The van der Waals surface area contributed by atoms with Gasteiger partial charge in [-0.05, 0) is 42.8 Å². The minimum atomic E-state index is -0.156. The van der Waals surface area contributed by atoms with Crippen LogP contribution in [0, 0.1) is 5.82 Å². The van der Waals surface area contributed by atoms with Gasteiger partial charge in [-0.15, -0.1) is 0 Å². The molecular weight excluding hydrogens is 263 g/mol. The van der Waals surface area contributed by atoms with Gasteiger partial charge in [-0.1, -0.05) is 36.4 Å². The van der Waals surface area contributed by atoms with Gasteiger partial charge in [0.25, 0.3) is 0 Å². The molecule has 1 aromatic heterocycles. The lowest BCUT2D eigenvalue weighted by Gasteiger charge is -2.19. The van der Waals surface area contributed by atoms with Crippen molar-refractivity contribution in [3.8, 4) is 0 Å². The molecule has 1 unspecified atom stereocenters. The van der Waals surface area contributed by atoms with Crippen LogP contribution in [0.2, 0.25) is 0 Å². The number of hydrogen-bond donors (Lipinski definition) is 1. The lowest BCUT2D eigenvalue weighted by Crippen LogP contribution is -2.19. The van der Waals surface area contributed by atoms with Gasteiger partial charge in [0.1, 0.15) is 5.82 Å². The first-order valence-corrected chi connectivity index (χ1v) is 7.04. The summed E-state index contributed by atoms with van der Waals surface area (Å²) in [6.07, 6.45) is 2.40. The van der Waals surface area contributed by atoms with Crippen molar-refractivity contribution in [2.45, 2.75) is 12.5 Å². The Kier molecular flexibility index (Phi) is 3.93. The highest BCUT2D eigenvalue weighted by molar-refractivity contribution is 5.82. The van der Waals surface area contributed by atoms with Crippen LogP contribution in [0.15, 0.2) is 60.8 Å². The summed E-state index contributed by atoms with van der Waals surface area (Å²) in [5.74, 6) is -0.156. The van der Waals surface area contributed by atoms with Crippen molar-refractivity contribution in [2.24, 2.45) is 0 Å². The van der Waals surface area contributed by atoms with Gasteiger partial charge in [0.05, 0.1) is 5.52 Å². The van der Waals surface area contributed by atoms with Gasteiger partial charge in [-0.2, -0.15) is 0 Å². The maximum absolute atomic E-state index is 13.9. The molecule has 0 saturated heterocycles. The highest BCUT2D eigenvalue weighted by Crippen LogP contribution is 2.26. The van der Waals surface area contributed by atoms with E-state index in [9.17, 15) is 4.39 Å². The predicted molar refractivity (Wildman–Crippen MR) is 83.6 cm³/mol. The summed E-state index contributed by atoms with van der Waals surface area (Å²) in [7, 11) is 1.90. The van der Waals surface area contributed by atoms with E-state index in [0.29, 0.717) is 6.42 Å². The Morgan fingerprint density at radius 3 is 2.71 bits per heavy atom. The van der Waals surface area contributed by atoms with Crippen molar-refractivity contribution >= 4 is 10.9 Å². The van der Waals surface area contributed by atoms with Crippen molar-refractivity contribution in [3.05, 3.63) is 77.7 Å². The summed E-state index contributed by atoms with van der Waals surface area (Å²) in [5, 5.41) is 4.40. The number of nitrogens with zero attached hydrogens (tertiary/aromatic N) is 1. The predicted octanol–water partition coefficient (Wildman–Crippen LogP) is 3.88. The summed E-state index contributed by atoms with van der Waals surface area (Å²) in [6, 6.07) is 17.0. The highest BCUT2D eigenvalue weighted by Gasteiger charge is 2.15. The minimum absolute atomic E-state index is 0.0507.